The lowest BCUT2D eigenvalue weighted by atomic mass is 10.2. The molecule has 2 amide bonds. The number of ether oxygens (including phenoxy) is 3. The van der Waals surface area contributed by atoms with Gasteiger partial charge in [-0.15, -0.1) is 0 Å². The van der Waals surface area contributed by atoms with Crippen molar-refractivity contribution in [2.45, 2.75) is 27.2 Å². The number of para-hydroxylation sites is 1. The van der Waals surface area contributed by atoms with E-state index in [1.54, 1.807) is 36.1 Å². The molecule has 2 rings (SSSR count). The van der Waals surface area contributed by atoms with Gasteiger partial charge in [0, 0.05) is 18.4 Å². The van der Waals surface area contributed by atoms with Crippen LogP contribution in [0.4, 0.5) is 21.0 Å². The van der Waals surface area contributed by atoms with Crippen LogP contribution in [-0.2, 0) is 9.47 Å². The lowest BCUT2D eigenvalue weighted by Crippen LogP contribution is -2.37. The van der Waals surface area contributed by atoms with Crippen LogP contribution < -0.4 is 15.0 Å². The molecule has 0 saturated heterocycles. The first-order valence-electron chi connectivity index (χ1n) is 9.71. The van der Waals surface area contributed by atoms with E-state index < -0.39 is 12.2 Å². The van der Waals surface area contributed by atoms with Crippen molar-refractivity contribution in [1.29, 1.82) is 0 Å². The van der Waals surface area contributed by atoms with Gasteiger partial charge in [-0.05, 0) is 44.0 Å². The molecule has 0 heterocycles. The molecule has 0 aliphatic heterocycles. The summed E-state index contributed by atoms with van der Waals surface area (Å²) >= 11 is 0. The summed E-state index contributed by atoms with van der Waals surface area (Å²) < 4.78 is 16.0. The van der Waals surface area contributed by atoms with E-state index >= 15 is 0 Å². The second kappa shape index (κ2) is 11.7. The molecule has 0 fully saturated rings. The Morgan fingerprint density at radius 2 is 1.83 bits per heavy atom. The molecule has 0 aliphatic rings. The maximum Gasteiger partial charge on any atom is 0.419 e. The molecule has 0 spiro atoms. The van der Waals surface area contributed by atoms with Crippen molar-refractivity contribution < 1.29 is 23.8 Å². The molecule has 0 aliphatic carbocycles. The van der Waals surface area contributed by atoms with Crippen molar-refractivity contribution >= 4 is 23.6 Å². The number of hydrogen-bond acceptors (Lipinski definition) is 5. The number of nitrogens with one attached hydrogen (secondary N) is 1. The van der Waals surface area contributed by atoms with E-state index in [-0.39, 0.29) is 6.61 Å². The first-order valence-corrected chi connectivity index (χ1v) is 9.71. The molecular weight excluding hydrogens is 372 g/mol. The van der Waals surface area contributed by atoms with Gasteiger partial charge in [0.2, 0.25) is 0 Å². The molecule has 0 unspecified atom stereocenters. The molecule has 1 N–H and O–H groups in total. The zero-order chi connectivity index (χ0) is 21.1. The van der Waals surface area contributed by atoms with E-state index in [2.05, 4.69) is 5.32 Å². The van der Waals surface area contributed by atoms with Crippen LogP contribution >= 0.6 is 0 Å². The molecule has 156 valence electrons. The minimum absolute atomic E-state index is 0.270. The van der Waals surface area contributed by atoms with Crippen LogP contribution in [0.3, 0.4) is 0 Å². The van der Waals surface area contributed by atoms with E-state index in [0.29, 0.717) is 31.2 Å². The summed E-state index contributed by atoms with van der Waals surface area (Å²) in [5.41, 5.74) is 2.19. The van der Waals surface area contributed by atoms with Crippen LogP contribution in [0.5, 0.6) is 5.75 Å². The summed E-state index contributed by atoms with van der Waals surface area (Å²) in [6.07, 6.45) is -0.173. The highest BCUT2D eigenvalue weighted by atomic mass is 16.6. The van der Waals surface area contributed by atoms with E-state index in [4.69, 9.17) is 14.2 Å². The average Bonchev–Trinajstić information content (AvgIpc) is 2.69. The largest absolute Gasteiger partial charge is 0.450 e. The summed E-state index contributed by atoms with van der Waals surface area (Å²) in [6, 6.07) is 14.2. The quantitative estimate of drug-likeness (QED) is 0.600. The smallest absolute Gasteiger partial charge is 0.419 e. The van der Waals surface area contributed by atoms with Crippen molar-refractivity contribution in [1.82, 2.24) is 0 Å². The normalized spacial score (nSPS) is 10.3. The van der Waals surface area contributed by atoms with Crippen LogP contribution in [0.1, 0.15) is 25.8 Å². The Labute approximate surface area is 171 Å². The predicted molar refractivity (Wildman–Crippen MR) is 113 cm³/mol. The number of nitrogens with zero attached hydrogens (tertiary/aromatic N) is 1. The van der Waals surface area contributed by atoms with Crippen molar-refractivity contribution in [3.05, 3.63) is 54.1 Å². The molecule has 7 nitrogen and oxygen atoms in total. The number of anilines is 2. The van der Waals surface area contributed by atoms with Gasteiger partial charge in [-0.25, -0.2) is 9.59 Å². The third kappa shape index (κ3) is 7.12. The standard InChI is InChI=1S/C22H28N2O5/c1-4-14-27-15-13-24(20-12-7-6-9-17(20)3)22(26)29-19-11-8-10-18(16-19)23-21(25)28-5-2/h6-12,16H,4-5,13-15H2,1-3H3,(H,23,25). The van der Waals surface area contributed by atoms with E-state index in [1.165, 1.54) is 0 Å². The third-order valence-electron chi connectivity index (χ3n) is 4.00. The molecular formula is C22H28N2O5. The van der Waals surface area contributed by atoms with E-state index in [1.807, 2.05) is 38.1 Å². The number of aryl methyl sites for hydroxylation is 1. The number of hydrogen-bond donors (Lipinski definition) is 1. The molecule has 29 heavy (non-hydrogen) atoms. The van der Waals surface area contributed by atoms with Crippen LogP contribution in [-0.4, -0.2) is 38.6 Å². The van der Waals surface area contributed by atoms with Gasteiger partial charge < -0.3 is 14.2 Å². The van der Waals surface area contributed by atoms with Gasteiger partial charge >= 0.3 is 12.2 Å². The van der Waals surface area contributed by atoms with Gasteiger partial charge in [-0.1, -0.05) is 31.2 Å². The summed E-state index contributed by atoms with van der Waals surface area (Å²) in [5, 5.41) is 2.59. The zero-order valence-corrected chi connectivity index (χ0v) is 17.1. The zero-order valence-electron chi connectivity index (χ0n) is 17.1. The highest BCUT2D eigenvalue weighted by molar-refractivity contribution is 5.90. The van der Waals surface area contributed by atoms with Crippen molar-refractivity contribution in [2.75, 3.05) is 36.6 Å². The fraction of sp³-hybridized carbons (Fsp3) is 0.364. The summed E-state index contributed by atoms with van der Waals surface area (Å²) in [4.78, 5) is 26.0. The Hall–Kier alpha value is -3.06. The van der Waals surface area contributed by atoms with E-state index in [9.17, 15) is 9.59 Å². The van der Waals surface area contributed by atoms with E-state index in [0.717, 1.165) is 17.7 Å². The monoisotopic (exact) mass is 400 g/mol. The number of amides is 2. The maximum atomic E-state index is 12.9. The highest BCUT2D eigenvalue weighted by Crippen LogP contribution is 2.23. The molecule has 0 atom stereocenters. The van der Waals surface area contributed by atoms with Crippen molar-refractivity contribution in [3.8, 4) is 5.75 Å². The Morgan fingerprint density at radius 3 is 2.55 bits per heavy atom. The molecule has 0 radical (unpaired) electrons. The third-order valence-corrected chi connectivity index (χ3v) is 4.00. The van der Waals surface area contributed by atoms with Gasteiger partial charge in [0.05, 0.1) is 25.4 Å². The van der Waals surface area contributed by atoms with Crippen LogP contribution in [0.15, 0.2) is 48.5 Å². The summed E-state index contributed by atoms with van der Waals surface area (Å²) in [7, 11) is 0. The molecule has 0 saturated carbocycles. The Morgan fingerprint density at radius 1 is 1.03 bits per heavy atom. The Balaban J connectivity index is 2.12. The molecule has 2 aromatic rings. The van der Waals surface area contributed by atoms with Gasteiger partial charge in [0.1, 0.15) is 5.75 Å². The number of carbonyl (C=O) groups excluding carboxylic acids is 2. The minimum atomic E-state index is -0.564. The second-order valence-corrected chi connectivity index (χ2v) is 6.29. The Kier molecular flexibility index (Phi) is 8.98. The van der Waals surface area contributed by atoms with Crippen LogP contribution in [0.2, 0.25) is 0 Å². The van der Waals surface area contributed by atoms with Crippen molar-refractivity contribution in [2.24, 2.45) is 0 Å². The van der Waals surface area contributed by atoms with Crippen LogP contribution in [0, 0.1) is 6.92 Å². The first-order chi connectivity index (χ1) is 14.0. The predicted octanol–water partition coefficient (Wildman–Crippen LogP) is 5.00. The lowest BCUT2D eigenvalue weighted by Gasteiger charge is -2.24. The van der Waals surface area contributed by atoms with Crippen LogP contribution in [0.25, 0.3) is 0 Å². The fourth-order valence-electron chi connectivity index (χ4n) is 2.66. The molecule has 0 aromatic heterocycles. The van der Waals surface area contributed by atoms with Gasteiger partial charge in [-0.2, -0.15) is 0 Å². The van der Waals surface area contributed by atoms with Crippen molar-refractivity contribution in [3.63, 3.8) is 0 Å². The number of benzene rings is 2. The number of carbonyl (C=O) groups is 2. The highest BCUT2D eigenvalue weighted by Gasteiger charge is 2.20. The summed E-state index contributed by atoms with van der Waals surface area (Å²) in [5.74, 6) is 0.317. The average molecular weight is 400 g/mol. The minimum Gasteiger partial charge on any atom is -0.450 e. The van der Waals surface area contributed by atoms with Gasteiger partial charge in [0.25, 0.3) is 0 Å². The summed E-state index contributed by atoms with van der Waals surface area (Å²) in [6.45, 7) is 7.37. The lowest BCUT2D eigenvalue weighted by molar-refractivity contribution is 0.139. The van der Waals surface area contributed by atoms with Gasteiger partial charge in [-0.3, -0.25) is 10.2 Å². The molecule has 2 aromatic carbocycles. The Bertz CT molecular complexity index is 809. The topological polar surface area (TPSA) is 77.1 Å². The first kappa shape index (κ1) is 22.2. The molecule has 7 heteroatoms. The SMILES string of the molecule is CCCOCCN(C(=O)Oc1cccc(NC(=O)OCC)c1)c1ccccc1C. The van der Waals surface area contributed by atoms with Gasteiger partial charge in [0.15, 0.2) is 0 Å². The maximum absolute atomic E-state index is 12.9. The fourth-order valence-corrected chi connectivity index (χ4v) is 2.66. The molecule has 0 bridgehead atoms. The second-order valence-electron chi connectivity index (χ2n) is 6.29. The number of rotatable bonds is 9.